The highest BCUT2D eigenvalue weighted by atomic mass is 14.6. The molecule has 0 saturated heterocycles. The Labute approximate surface area is 110 Å². The standard InChI is InChI=1S/C13H22.2C2H6/c1-3-9-6-8(2)12-10-4-5-11(7-10)13(9)12;2*1-2/h8-13H,3-7H2,1-2H3;2*1-2H3. The van der Waals surface area contributed by atoms with Crippen molar-refractivity contribution in [2.45, 2.75) is 73.6 Å². The third kappa shape index (κ3) is 2.56. The van der Waals surface area contributed by atoms with Crippen LogP contribution in [0.25, 0.3) is 0 Å². The normalized spacial score (nSPS) is 45.5. The predicted octanol–water partition coefficient (Wildman–Crippen LogP) is 5.77. The van der Waals surface area contributed by atoms with Crippen LogP contribution in [0.1, 0.15) is 73.6 Å². The number of hydrogen-bond donors (Lipinski definition) is 0. The summed E-state index contributed by atoms with van der Waals surface area (Å²) in [6.07, 6.45) is 7.77. The Morgan fingerprint density at radius 1 is 0.824 bits per heavy atom. The second-order valence-electron chi connectivity index (χ2n) is 5.87. The first-order valence-electron chi connectivity index (χ1n) is 8.31. The molecular weight excluding hydrogens is 204 g/mol. The molecule has 0 heterocycles. The fourth-order valence-corrected chi connectivity index (χ4v) is 5.15. The van der Waals surface area contributed by atoms with Crippen LogP contribution >= 0.6 is 0 Å². The molecule has 0 radical (unpaired) electrons. The van der Waals surface area contributed by atoms with E-state index in [1.54, 1.807) is 25.7 Å². The molecular formula is C17H34. The summed E-state index contributed by atoms with van der Waals surface area (Å²) in [4.78, 5) is 0. The van der Waals surface area contributed by atoms with Crippen molar-refractivity contribution in [3.8, 4) is 0 Å². The first-order valence-corrected chi connectivity index (χ1v) is 8.31. The minimum atomic E-state index is 1.06. The van der Waals surface area contributed by atoms with Crippen LogP contribution in [0.2, 0.25) is 0 Å². The second-order valence-corrected chi connectivity index (χ2v) is 5.87. The van der Waals surface area contributed by atoms with Gasteiger partial charge in [-0.05, 0) is 61.2 Å². The minimum absolute atomic E-state index is 1.06. The maximum Gasteiger partial charge on any atom is -0.0324 e. The molecule has 0 aromatic carbocycles. The van der Waals surface area contributed by atoms with Crippen LogP contribution in [0.5, 0.6) is 0 Å². The van der Waals surface area contributed by atoms with Crippen molar-refractivity contribution in [2.75, 3.05) is 0 Å². The van der Waals surface area contributed by atoms with Gasteiger partial charge in [-0.25, -0.2) is 0 Å². The van der Waals surface area contributed by atoms with Crippen LogP contribution in [0.3, 0.4) is 0 Å². The van der Waals surface area contributed by atoms with Gasteiger partial charge in [0.05, 0.1) is 0 Å². The van der Waals surface area contributed by atoms with Crippen LogP contribution in [0, 0.1) is 35.5 Å². The van der Waals surface area contributed by atoms with Crippen LogP contribution in [0.15, 0.2) is 0 Å². The average Bonchev–Trinajstić information content (AvgIpc) is 3.07. The molecule has 3 saturated carbocycles. The molecule has 0 N–H and O–H groups in total. The van der Waals surface area contributed by atoms with Gasteiger partial charge in [-0.1, -0.05) is 48.0 Å². The summed E-state index contributed by atoms with van der Waals surface area (Å²) in [6.45, 7) is 12.9. The molecule has 0 amide bonds. The van der Waals surface area contributed by atoms with E-state index in [0.717, 1.165) is 29.6 Å². The average molecular weight is 238 g/mol. The number of hydrogen-bond acceptors (Lipinski definition) is 0. The highest BCUT2D eigenvalue weighted by Crippen LogP contribution is 2.63. The molecule has 2 bridgehead atoms. The molecule has 3 aliphatic carbocycles. The lowest BCUT2D eigenvalue weighted by atomic mass is 9.76. The lowest BCUT2D eigenvalue weighted by Crippen LogP contribution is -2.23. The van der Waals surface area contributed by atoms with Crippen LogP contribution in [-0.4, -0.2) is 0 Å². The molecule has 17 heavy (non-hydrogen) atoms. The molecule has 0 nitrogen and oxygen atoms in total. The first kappa shape index (κ1) is 15.1. The predicted molar refractivity (Wildman–Crippen MR) is 78.1 cm³/mol. The van der Waals surface area contributed by atoms with Crippen molar-refractivity contribution >= 4 is 0 Å². The second kappa shape index (κ2) is 6.81. The molecule has 102 valence electrons. The van der Waals surface area contributed by atoms with Crippen molar-refractivity contribution in [1.29, 1.82) is 0 Å². The summed E-state index contributed by atoms with van der Waals surface area (Å²) >= 11 is 0. The molecule has 3 rings (SSSR count). The van der Waals surface area contributed by atoms with Crippen molar-refractivity contribution in [1.82, 2.24) is 0 Å². The molecule has 6 unspecified atom stereocenters. The van der Waals surface area contributed by atoms with E-state index in [2.05, 4.69) is 13.8 Å². The molecule has 0 aromatic heterocycles. The monoisotopic (exact) mass is 238 g/mol. The number of fused-ring (bicyclic) bond motifs is 5. The topological polar surface area (TPSA) is 0 Å². The molecule has 3 fully saturated rings. The van der Waals surface area contributed by atoms with Crippen molar-refractivity contribution < 1.29 is 0 Å². The van der Waals surface area contributed by atoms with Crippen LogP contribution < -0.4 is 0 Å². The molecule has 0 heteroatoms. The van der Waals surface area contributed by atoms with Gasteiger partial charge in [-0.15, -0.1) is 0 Å². The highest BCUT2D eigenvalue weighted by molar-refractivity contribution is 5.04. The molecule has 0 aliphatic heterocycles. The summed E-state index contributed by atoms with van der Waals surface area (Å²) in [5, 5.41) is 0. The number of rotatable bonds is 1. The van der Waals surface area contributed by atoms with E-state index in [-0.39, 0.29) is 0 Å². The van der Waals surface area contributed by atoms with Crippen molar-refractivity contribution in [3.63, 3.8) is 0 Å². The van der Waals surface area contributed by atoms with Crippen LogP contribution in [0.4, 0.5) is 0 Å². The quantitative estimate of drug-likeness (QED) is 0.544. The summed E-state index contributed by atoms with van der Waals surface area (Å²) < 4.78 is 0. The lowest BCUT2D eigenvalue weighted by molar-refractivity contribution is 0.190. The summed E-state index contributed by atoms with van der Waals surface area (Å²) in [5.41, 5.74) is 0. The molecule has 0 spiro atoms. The Balaban J connectivity index is 0.000000330. The SMILES string of the molecule is CC.CC.CCC1CC(C)C2C3CCC(C3)C12. The maximum atomic E-state index is 2.52. The zero-order valence-corrected chi connectivity index (χ0v) is 13.0. The fourth-order valence-electron chi connectivity index (χ4n) is 5.15. The van der Waals surface area contributed by atoms with E-state index in [1.165, 1.54) is 12.3 Å². The molecule has 3 aliphatic rings. The van der Waals surface area contributed by atoms with Gasteiger partial charge in [-0.3, -0.25) is 0 Å². The molecule has 6 atom stereocenters. The van der Waals surface area contributed by atoms with Gasteiger partial charge in [0.1, 0.15) is 0 Å². The van der Waals surface area contributed by atoms with E-state index < -0.39 is 0 Å². The van der Waals surface area contributed by atoms with Gasteiger partial charge in [0.15, 0.2) is 0 Å². The van der Waals surface area contributed by atoms with E-state index in [4.69, 9.17) is 0 Å². The Morgan fingerprint density at radius 2 is 1.35 bits per heavy atom. The zero-order valence-electron chi connectivity index (χ0n) is 13.0. The largest absolute Gasteiger partial charge is 0.0683 e. The van der Waals surface area contributed by atoms with E-state index in [9.17, 15) is 0 Å². The maximum absolute atomic E-state index is 2.52. The van der Waals surface area contributed by atoms with E-state index >= 15 is 0 Å². The van der Waals surface area contributed by atoms with Gasteiger partial charge in [0, 0.05) is 0 Å². The van der Waals surface area contributed by atoms with Gasteiger partial charge < -0.3 is 0 Å². The van der Waals surface area contributed by atoms with Crippen LogP contribution in [-0.2, 0) is 0 Å². The van der Waals surface area contributed by atoms with Gasteiger partial charge in [0.2, 0.25) is 0 Å². The fraction of sp³-hybridized carbons (Fsp3) is 1.00. The first-order chi connectivity index (χ1) is 8.31. The van der Waals surface area contributed by atoms with Gasteiger partial charge in [-0.2, -0.15) is 0 Å². The van der Waals surface area contributed by atoms with Crippen molar-refractivity contribution in [2.24, 2.45) is 35.5 Å². The zero-order chi connectivity index (χ0) is 13.0. The highest BCUT2D eigenvalue weighted by Gasteiger charge is 2.55. The summed E-state index contributed by atoms with van der Waals surface area (Å²) in [6, 6.07) is 0. The summed E-state index contributed by atoms with van der Waals surface area (Å²) in [5.74, 6) is 6.80. The molecule has 0 aromatic rings. The van der Waals surface area contributed by atoms with Gasteiger partial charge >= 0.3 is 0 Å². The summed E-state index contributed by atoms with van der Waals surface area (Å²) in [7, 11) is 0. The third-order valence-electron chi connectivity index (χ3n) is 5.45. The smallest absolute Gasteiger partial charge is 0.0324 e. The Kier molecular flexibility index (Phi) is 6.03. The Morgan fingerprint density at radius 3 is 1.88 bits per heavy atom. The van der Waals surface area contributed by atoms with Gasteiger partial charge in [0.25, 0.3) is 0 Å². The lowest BCUT2D eigenvalue weighted by Gasteiger charge is -2.29. The van der Waals surface area contributed by atoms with Crippen molar-refractivity contribution in [3.05, 3.63) is 0 Å². The van der Waals surface area contributed by atoms with E-state index in [0.29, 0.717) is 0 Å². The minimum Gasteiger partial charge on any atom is -0.0683 e. The van der Waals surface area contributed by atoms with E-state index in [1.807, 2.05) is 27.7 Å². The third-order valence-corrected chi connectivity index (χ3v) is 5.45. The Hall–Kier alpha value is 0. The Bertz CT molecular complexity index is 208.